The molecular weight excluding hydrogens is 432 g/mol. The number of carbonyl (C=O) groups is 2. The minimum Gasteiger partial charge on any atom is -0.496 e. The summed E-state index contributed by atoms with van der Waals surface area (Å²) in [5, 5.41) is 2.73. The van der Waals surface area contributed by atoms with Gasteiger partial charge in [-0.05, 0) is 42.5 Å². The molecule has 0 atom stereocenters. The number of benzene rings is 2. The Bertz CT molecular complexity index is 1370. The predicted octanol–water partition coefficient (Wildman–Crippen LogP) is 4.69. The fourth-order valence-corrected chi connectivity index (χ4v) is 3.71. The molecule has 0 saturated heterocycles. The first-order valence-corrected chi connectivity index (χ1v) is 10.6. The Kier molecular flexibility index (Phi) is 5.61. The van der Waals surface area contributed by atoms with Gasteiger partial charge in [0.15, 0.2) is 5.75 Å². The molecule has 8 nitrogen and oxygen atoms in total. The van der Waals surface area contributed by atoms with Crippen LogP contribution in [0.4, 0.5) is 11.5 Å². The number of ether oxygens (including phenoxy) is 2. The molecule has 2 aromatic heterocycles. The number of pyridine rings is 2. The first-order valence-electron chi connectivity index (χ1n) is 10.6. The Hall–Kier alpha value is -4.72. The van der Waals surface area contributed by atoms with Gasteiger partial charge in [0.1, 0.15) is 11.6 Å². The number of carbonyl (C=O) groups excluding carboxylic acids is 2. The highest BCUT2D eigenvalue weighted by molar-refractivity contribution is 6.08. The highest BCUT2D eigenvalue weighted by Gasteiger charge is 2.27. The van der Waals surface area contributed by atoms with Gasteiger partial charge in [0.25, 0.3) is 11.8 Å². The average Bonchev–Trinajstić information content (AvgIpc) is 3.05. The lowest BCUT2D eigenvalue weighted by Gasteiger charge is -2.22. The molecule has 0 saturated carbocycles. The van der Waals surface area contributed by atoms with Crippen LogP contribution < -0.4 is 19.7 Å². The number of hydrogen-bond acceptors (Lipinski definition) is 6. The molecule has 0 aliphatic carbocycles. The number of amides is 2. The van der Waals surface area contributed by atoms with Crippen molar-refractivity contribution in [3.05, 3.63) is 102 Å². The van der Waals surface area contributed by atoms with Gasteiger partial charge in [-0.15, -0.1) is 0 Å². The molecule has 0 bridgehead atoms. The van der Waals surface area contributed by atoms with Gasteiger partial charge in [0, 0.05) is 18.0 Å². The summed E-state index contributed by atoms with van der Waals surface area (Å²) >= 11 is 0. The van der Waals surface area contributed by atoms with Crippen molar-refractivity contribution in [3.63, 3.8) is 0 Å². The minimum absolute atomic E-state index is 0.247. The lowest BCUT2D eigenvalue weighted by atomic mass is 10.1. The Morgan fingerprint density at radius 2 is 1.79 bits per heavy atom. The van der Waals surface area contributed by atoms with Gasteiger partial charge in [-0.2, -0.15) is 0 Å². The van der Waals surface area contributed by atoms with Crippen molar-refractivity contribution in [2.24, 2.45) is 0 Å². The topological polar surface area (TPSA) is 93.7 Å². The van der Waals surface area contributed by atoms with Gasteiger partial charge in [0.05, 0.1) is 30.5 Å². The zero-order valence-corrected chi connectivity index (χ0v) is 18.3. The van der Waals surface area contributed by atoms with Crippen molar-refractivity contribution in [3.8, 4) is 17.4 Å². The number of anilines is 2. The summed E-state index contributed by atoms with van der Waals surface area (Å²) in [5.41, 5.74) is 2.19. The lowest BCUT2D eigenvalue weighted by Crippen LogP contribution is -2.30. The van der Waals surface area contributed by atoms with Crippen LogP contribution >= 0.6 is 0 Å². The molecule has 0 spiro atoms. The lowest BCUT2D eigenvalue weighted by molar-refractivity contribution is 0.0983. The van der Waals surface area contributed by atoms with Crippen molar-refractivity contribution < 1.29 is 19.1 Å². The number of nitrogens with zero attached hydrogens (tertiary/aromatic N) is 3. The SMILES string of the molecule is COc1ccccc1C(=O)Nc1ccc(C(=O)N2Cc3cccnc3Oc3ccccc32)cn1. The smallest absolute Gasteiger partial charge is 0.260 e. The molecule has 1 N–H and O–H groups in total. The molecule has 0 unspecified atom stereocenters. The van der Waals surface area contributed by atoms with Crippen molar-refractivity contribution >= 4 is 23.3 Å². The number of rotatable bonds is 4. The maximum atomic E-state index is 13.5. The van der Waals surface area contributed by atoms with E-state index in [9.17, 15) is 9.59 Å². The normalized spacial score (nSPS) is 12.0. The van der Waals surface area contributed by atoms with Crippen LogP contribution in [0.3, 0.4) is 0 Å². The third kappa shape index (κ3) is 4.04. The standard InChI is InChI=1S/C26H20N4O4/c1-33-21-10-4-2-8-19(21)24(31)29-23-13-12-17(15-28-23)26(32)30-16-18-7-6-14-27-25(18)34-22-11-5-3-9-20(22)30/h2-15H,16H2,1H3,(H,28,29,31). The second kappa shape index (κ2) is 9.03. The van der Waals surface area contributed by atoms with Crippen molar-refractivity contribution in [1.29, 1.82) is 0 Å². The summed E-state index contributed by atoms with van der Waals surface area (Å²) < 4.78 is 11.2. The highest BCUT2D eigenvalue weighted by Crippen LogP contribution is 2.38. The van der Waals surface area contributed by atoms with E-state index in [2.05, 4.69) is 15.3 Å². The second-order valence-electron chi connectivity index (χ2n) is 7.52. The van der Waals surface area contributed by atoms with E-state index in [1.807, 2.05) is 30.3 Å². The summed E-state index contributed by atoms with van der Waals surface area (Å²) in [6, 6.07) is 21.1. The minimum atomic E-state index is -0.355. The van der Waals surface area contributed by atoms with Gasteiger partial charge in [-0.3, -0.25) is 9.59 Å². The van der Waals surface area contributed by atoms with Crippen molar-refractivity contribution in [2.45, 2.75) is 6.54 Å². The monoisotopic (exact) mass is 452 g/mol. The van der Waals surface area contributed by atoms with Crippen LogP contribution in [0.15, 0.2) is 85.2 Å². The van der Waals surface area contributed by atoms with Crippen molar-refractivity contribution in [1.82, 2.24) is 9.97 Å². The van der Waals surface area contributed by atoms with Crippen LogP contribution in [0.5, 0.6) is 17.4 Å². The molecule has 3 heterocycles. The number of para-hydroxylation sites is 3. The maximum Gasteiger partial charge on any atom is 0.260 e. The van der Waals surface area contributed by atoms with Crippen LogP contribution in [0.2, 0.25) is 0 Å². The summed E-state index contributed by atoms with van der Waals surface area (Å²) in [5.74, 6) is 1.19. The van der Waals surface area contributed by atoms with Gasteiger partial charge in [0.2, 0.25) is 5.88 Å². The van der Waals surface area contributed by atoms with E-state index >= 15 is 0 Å². The zero-order chi connectivity index (χ0) is 23.5. The molecule has 1 aliphatic rings. The van der Waals surface area contributed by atoms with E-state index in [0.29, 0.717) is 46.6 Å². The van der Waals surface area contributed by atoms with Crippen LogP contribution in [-0.2, 0) is 6.54 Å². The first kappa shape index (κ1) is 21.1. The van der Waals surface area contributed by atoms with Gasteiger partial charge in [-0.25, -0.2) is 9.97 Å². The summed E-state index contributed by atoms with van der Waals surface area (Å²) in [7, 11) is 1.51. The summed E-state index contributed by atoms with van der Waals surface area (Å²) in [6.45, 7) is 0.297. The van der Waals surface area contributed by atoms with E-state index in [1.165, 1.54) is 13.3 Å². The Labute approximate surface area is 195 Å². The third-order valence-corrected chi connectivity index (χ3v) is 5.39. The summed E-state index contributed by atoms with van der Waals surface area (Å²) in [4.78, 5) is 36.3. The molecule has 168 valence electrons. The molecule has 2 amide bonds. The Morgan fingerprint density at radius 1 is 0.971 bits per heavy atom. The molecule has 2 aromatic carbocycles. The molecule has 1 aliphatic heterocycles. The molecule has 0 fully saturated rings. The van der Waals surface area contributed by atoms with E-state index < -0.39 is 0 Å². The fourth-order valence-electron chi connectivity index (χ4n) is 3.71. The number of aromatic nitrogens is 2. The first-order chi connectivity index (χ1) is 16.6. The quantitative estimate of drug-likeness (QED) is 0.483. The largest absolute Gasteiger partial charge is 0.496 e. The van der Waals surface area contributed by atoms with Gasteiger partial charge >= 0.3 is 0 Å². The van der Waals surface area contributed by atoms with Crippen LogP contribution in [0.1, 0.15) is 26.3 Å². The number of fused-ring (bicyclic) bond motifs is 2. The van der Waals surface area contributed by atoms with E-state index in [4.69, 9.17) is 9.47 Å². The molecule has 8 heteroatoms. The van der Waals surface area contributed by atoms with Crippen LogP contribution in [-0.4, -0.2) is 28.9 Å². The molecular formula is C26H20N4O4. The molecule has 34 heavy (non-hydrogen) atoms. The van der Waals surface area contributed by atoms with E-state index in [1.54, 1.807) is 53.6 Å². The third-order valence-electron chi connectivity index (χ3n) is 5.39. The number of nitrogens with one attached hydrogen (secondary N) is 1. The zero-order valence-electron chi connectivity index (χ0n) is 18.3. The second-order valence-corrected chi connectivity index (χ2v) is 7.52. The van der Waals surface area contributed by atoms with Crippen LogP contribution in [0, 0.1) is 0 Å². The number of hydrogen-bond donors (Lipinski definition) is 1. The highest BCUT2D eigenvalue weighted by atomic mass is 16.5. The predicted molar refractivity (Wildman–Crippen MR) is 126 cm³/mol. The Balaban J connectivity index is 1.39. The maximum absolute atomic E-state index is 13.5. The summed E-state index contributed by atoms with van der Waals surface area (Å²) in [6.07, 6.45) is 3.10. The van der Waals surface area contributed by atoms with Crippen molar-refractivity contribution in [2.75, 3.05) is 17.3 Å². The van der Waals surface area contributed by atoms with Gasteiger partial charge in [-0.1, -0.05) is 30.3 Å². The molecule has 5 rings (SSSR count). The van der Waals surface area contributed by atoms with Gasteiger partial charge < -0.3 is 19.7 Å². The fraction of sp³-hybridized carbons (Fsp3) is 0.0769. The average molecular weight is 452 g/mol. The van der Waals surface area contributed by atoms with E-state index in [0.717, 1.165) is 5.56 Å². The molecule has 4 aromatic rings. The Morgan fingerprint density at radius 3 is 2.62 bits per heavy atom. The van der Waals surface area contributed by atoms with Crippen LogP contribution in [0.25, 0.3) is 0 Å². The van der Waals surface area contributed by atoms with E-state index in [-0.39, 0.29) is 11.8 Å². The number of methoxy groups -OCH3 is 1. The molecule has 0 radical (unpaired) electrons.